The molecule has 3 N–H and O–H groups in total. The zero-order valence-corrected chi connectivity index (χ0v) is 20.7. The fourth-order valence-corrected chi connectivity index (χ4v) is 4.51. The van der Waals surface area contributed by atoms with Crippen LogP contribution < -0.4 is 11.1 Å². The minimum absolute atomic E-state index is 0.185. The molecule has 0 unspecified atom stereocenters. The molecule has 8 heteroatoms. The third kappa shape index (κ3) is 6.24. The van der Waals surface area contributed by atoms with Gasteiger partial charge in [-0.05, 0) is 74.5 Å². The molecule has 2 aromatic rings. The summed E-state index contributed by atoms with van der Waals surface area (Å²) in [5.74, 6) is -0.471. The molecule has 1 saturated heterocycles. The second kappa shape index (κ2) is 11.0. The molecule has 1 aliphatic rings. The van der Waals surface area contributed by atoms with Crippen LogP contribution in [0.25, 0.3) is 0 Å². The van der Waals surface area contributed by atoms with E-state index < -0.39 is 11.8 Å². The number of rotatable bonds is 6. The summed E-state index contributed by atoms with van der Waals surface area (Å²) < 4.78 is 0. The van der Waals surface area contributed by atoms with Gasteiger partial charge in [0.2, 0.25) is 0 Å². The monoisotopic (exact) mass is 471 g/mol. The number of nitrogen functional groups attached to an aromatic ring is 1. The average molecular weight is 472 g/mol. The van der Waals surface area contributed by atoms with Gasteiger partial charge in [0.1, 0.15) is 5.82 Å². The number of likely N-dealkylation sites (tertiary alicyclic amines) is 1. The molecule has 0 saturated carbocycles. The highest BCUT2D eigenvalue weighted by Gasteiger charge is 2.34. The predicted molar refractivity (Wildman–Crippen MR) is 133 cm³/mol. The lowest BCUT2D eigenvalue weighted by Crippen LogP contribution is -2.46. The molecule has 0 spiro atoms. The van der Waals surface area contributed by atoms with E-state index in [1.807, 2.05) is 39.2 Å². The Bertz CT molecular complexity index is 1010. The molecule has 2 atom stereocenters. The first kappa shape index (κ1) is 25.0. The quantitative estimate of drug-likeness (QED) is 0.623. The molecule has 33 heavy (non-hydrogen) atoms. The summed E-state index contributed by atoms with van der Waals surface area (Å²) in [6.07, 6.45) is 4.79. The van der Waals surface area contributed by atoms with E-state index in [2.05, 4.69) is 22.1 Å². The first-order valence-electron chi connectivity index (χ1n) is 11.5. The third-order valence-corrected chi connectivity index (χ3v) is 6.55. The number of hydrogen-bond acceptors (Lipinski definition) is 5. The van der Waals surface area contributed by atoms with Gasteiger partial charge in [0, 0.05) is 18.1 Å². The molecule has 2 heterocycles. The number of piperidine rings is 1. The Labute approximate surface area is 201 Å². The molecule has 0 radical (unpaired) electrons. The van der Waals surface area contributed by atoms with Crippen LogP contribution in [-0.4, -0.2) is 53.8 Å². The number of pyridine rings is 1. The number of carbonyl (C=O) groups is 2. The third-order valence-electron chi connectivity index (χ3n) is 6.20. The molecule has 0 bridgehead atoms. The maximum Gasteiger partial charge on any atom is 0.313 e. The van der Waals surface area contributed by atoms with Gasteiger partial charge in [0.25, 0.3) is 0 Å². The van der Waals surface area contributed by atoms with Gasteiger partial charge in [-0.3, -0.25) is 9.59 Å². The van der Waals surface area contributed by atoms with E-state index in [4.69, 9.17) is 17.3 Å². The van der Waals surface area contributed by atoms with E-state index in [-0.39, 0.29) is 6.04 Å². The Kier molecular flexibility index (Phi) is 8.32. The second-order valence-electron chi connectivity index (χ2n) is 9.14. The number of aryl methyl sites for hydroxylation is 1. The summed E-state index contributed by atoms with van der Waals surface area (Å²) in [6, 6.07) is 7.59. The second-order valence-corrected chi connectivity index (χ2v) is 9.54. The van der Waals surface area contributed by atoms with Crippen molar-refractivity contribution in [3.8, 4) is 0 Å². The van der Waals surface area contributed by atoms with Crippen LogP contribution in [0.1, 0.15) is 49.4 Å². The number of halogens is 1. The number of likely N-dealkylation sites (N-methyl/N-ethyl adjacent to an activating group) is 1. The van der Waals surface area contributed by atoms with Crippen molar-refractivity contribution >= 4 is 34.9 Å². The highest BCUT2D eigenvalue weighted by Crippen LogP contribution is 2.35. The van der Waals surface area contributed by atoms with E-state index in [0.717, 1.165) is 42.5 Å². The number of aromatic nitrogens is 1. The van der Waals surface area contributed by atoms with Crippen LogP contribution in [0.5, 0.6) is 0 Å². The number of carbonyl (C=O) groups excluding carboxylic acids is 2. The van der Waals surface area contributed by atoms with Crippen molar-refractivity contribution in [1.82, 2.24) is 14.8 Å². The lowest BCUT2D eigenvalue weighted by atomic mass is 9.89. The molecular formula is C25H34ClN5O2. The molecule has 1 aromatic heterocycles. The fraction of sp³-hybridized carbons (Fsp3) is 0.480. The number of nitrogens with one attached hydrogen (secondary N) is 1. The smallest absolute Gasteiger partial charge is 0.313 e. The standard InChI is InChI=1S/C25H34ClN5O2/c1-5-17-12-20(14-28-23(17)27)29-24(32)25(33)31-15-16(2)6-9-22(31)19-8-7-18(21(26)13-19)10-11-30(3)4/h7-8,12-14,16,22H,5-6,9-11,15H2,1-4H3,(H2,27,28)(H,29,32)/t16-,22+/m0/s1. The van der Waals surface area contributed by atoms with Gasteiger partial charge >= 0.3 is 11.8 Å². The summed E-state index contributed by atoms with van der Waals surface area (Å²) in [5, 5.41) is 3.40. The molecule has 2 amide bonds. The van der Waals surface area contributed by atoms with Crippen LogP contribution in [0.3, 0.4) is 0 Å². The van der Waals surface area contributed by atoms with Crippen molar-refractivity contribution in [1.29, 1.82) is 0 Å². The summed E-state index contributed by atoms with van der Waals surface area (Å²) >= 11 is 6.58. The molecule has 1 aliphatic heterocycles. The normalized spacial score (nSPS) is 18.4. The highest BCUT2D eigenvalue weighted by atomic mass is 35.5. The van der Waals surface area contributed by atoms with Gasteiger partial charge in [-0.15, -0.1) is 0 Å². The predicted octanol–water partition coefficient (Wildman–Crippen LogP) is 3.92. The Morgan fingerprint density at radius 1 is 1.24 bits per heavy atom. The van der Waals surface area contributed by atoms with Gasteiger partial charge < -0.3 is 20.9 Å². The number of nitrogens with two attached hydrogens (primary N) is 1. The van der Waals surface area contributed by atoms with Crippen LogP contribution in [-0.2, 0) is 22.4 Å². The molecule has 0 aliphatic carbocycles. The minimum Gasteiger partial charge on any atom is -0.383 e. The fourth-order valence-electron chi connectivity index (χ4n) is 4.23. The van der Waals surface area contributed by atoms with Crippen molar-refractivity contribution in [2.75, 3.05) is 38.2 Å². The summed E-state index contributed by atoms with van der Waals surface area (Å²) in [5.41, 5.74) is 9.19. The van der Waals surface area contributed by atoms with Crippen LogP contribution in [0, 0.1) is 5.92 Å². The molecule has 7 nitrogen and oxygen atoms in total. The van der Waals surface area contributed by atoms with Gasteiger partial charge in [0.15, 0.2) is 0 Å². The largest absolute Gasteiger partial charge is 0.383 e. The van der Waals surface area contributed by atoms with Crippen molar-refractivity contribution in [2.24, 2.45) is 5.92 Å². The van der Waals surface area contributed by atoms with E-state index >= 15 is 0 Å². The van der Waals surface area contributed by atoms with Gasteiger partial charge in [-0.1, -0.05) is 37.6 Å². The zero-order chi connectivity index (χ0) is 24.1. The average Bonchev–Trinajstić information content (AvgIpc) is 2.78. The number of benzene rings is 1. The number of nitrogens with zero attached hydrogens (tertiary/aromatic N) is 3. The lowest BCUT2D eigenvalue weighted by molar-refractivity contribution is -0.146. The van der Waals surface area contributed by atoms with E-state index in [1.165, 1.54) is 6.20 Å². The molecule has 1 fully saturated rings. The van der Waals surface area contributed by atoms with Gasteiger partial charge in [-0.25, -0.2) is 4.98 Å². The van der Waals surface area contributed by atoms with E-state index in [1.54, 1.807) is 11.0 Å². The Morgan fingerprint density at radius 3 is 2.67 bits per heavy atom. The lowest BCUT2D eigenvalue weighted by Gasteiger charge is -2.38. The van der Waals surface area contributed by atoms with Gasteiger partial charge in [-0.2, -0.15) is 0 Å². The number of anilines is 2. The van der Waals surface area contributed by atoms with Crippen LogP contribution in [0.2, 0.25) is 5.02 Å². The Balaban J connectivity index is 1.78. The molecular weight excluding hydrogens is 438 g/mol. The van der Waals surface area contributed by atoms with E-state index in [0.29, 0.717) is 35.4 Å². The summed E-state index contributed by atoms with van der Waals surface area (Å²) in [7, 11) is 4.06. The topological polar surface area (TPSA) is 91.6 Å². The van der Waals surface area contributed by atoms with Crippen LogP contribution >= 0.6 is 11.6 Å². The molecule has 3 rings (SSSR count). The van der Waals surface area contributed by atoms with Crippen molar-refractivity contribution in [3.63, 3.8) is 0 Å². The van der Waals surface area contributed by atoms with Crippen molar-refractivity contribution in [3.05, 3.63) is 52.2 Å². The maximum atomic E-state index is 13.2. The molecule has 1 aromatic carbocycles. The van der Waals surface area contributed by atoms with E-state index in [9.17, 15) is 9.59 Å². The zero-order valence-electron chi connectivity index (χ0n) is 19.9. The SMILES string of the molecule is CCc1cc(NC(=O)C(=O)N2C[C@@H](C)CC[C@@H]2c2ccc(CCN(C)C)c(Cl)c2)cnc1N. The summed E-state index contributed by atoms with van der Waals surface area (Å²) in [4.78, 5) is 34.0. The maximum absolute atomic E-state index is 13.2. The minimum atomic E-state index is -0.670. The first-order valence-corrected chi connectivity index (χ1v) is 11.9. The Hall–Kier alpha value is -2.64. The molecule has 178 valence electrons. The summed E-state index contributed by atoms with van der Waals surface area (Å²) in [6.45, 7) is 5.49. The number of hydrogen-bond donors (Lipinski definition) is 2. The number of amides is 2. The van der Waals surface area contributed by atoms with Crippen LogP contribution in [0.4, 0.5) is 11.5 Å². The highest BCUT2D eigenvalue weighted by molar-refractivity contribution is 6.39. The van der Waals surface area contributed by atoms with Crippen molar-refractivity contribution in [2.45, 2.75) is 45.6 Å². The van der Waals surface area contributed by atoms with Gasteiger partial charge in [0.05, 0.1) is 17.9 Å². The van der Waals surface area contributed by atoms with Crippen molar-refractivity contribution < 1.29 is 9.59 Å². The van der Waals surface area contributed by atoms with Crippen LogP contribution in [0.15, 0.2) is 30.5 Å². The Morgan fingerprint density at radius 2 is 2.00 bits per heavy atom. The first-order chi connectivity index (χ1) is 15.7.